The zero-order valence-corrected chi connectivity index (χ0v) is 9.08. The molecule has 0 amide bonds. The fourth-order valence-corrected chi connectivity index (χ4v) is 2.33. The van der Waals surface area contributed by atoms with E-state index in [1.54, 1.807) is 5.56 Å². The predicted molar refractivity (Wildman–Crippen MR) is 61.4 cm³/mol. The highest BCUT2D eigenvalue weighted by molar-refractivity contribution is 5.25. The molecule has 0 bridgehead atoms. The molecule has 1 fully saturated rings. The van der Waals surface area contributed by atoms with Crippen molar-refractivity contribution in [1.82, 2.24) is 0 Å². The third kappa shape index (κ3) is 2.37. The van der Waals surface area contributed by atoms with Gasteiger partial charge >= 0.3 is 0 Å². The summed E-state index contributed by atoms with van der Waals surface area (Å²) in [4.78, 5) is 0. The lowest BCUT2D eigenvalue weighted by atomic mass is 10.1. The van der Waals surface area contributed by atoms with Gasteiger partial charge in [0, 0.05) is 0 Å². The van der Waals surface area contributed by atoms with E-state index in [1.165, 1.54) is 32.1 Å². The first-order valence-corrected chi connectivity index (χ1v) is 5.96. The van der Waals surface area contributed by atoms with Crippen LogP contribution in [0.25, 0.3) is 0 Å². The Morgan fingerprint density at radius 2 is 1.93 bits per heavy atom. The molecule has 0 aliphatic heterocycles. The molecular formula is C14H20. The van der Waals surface area contributed by atoms with Gasteiger partial charge in [0.1, 0.15) is 0 Å². The second-order valence-corrected chi connectivity index (χ2v) is 4.51. The van der Waals surface area contributed by atoms with Crippen molar-refractivity contribution in [3.8, 4) is 0 Å². The summed E-state index contributed by atoms with van der Waals surface area (Å²) in [5.41, 5.74) is 1.56. The predicted octanol–water partition coefficient (Wildman–Crippen LogP) is 4.37. The summed E-state index contributed by atoms with van der Waals surface area (Å²) in [6.07, 6.45) is 7.09. The van der Waals surface area contributed by atoms with E-state index < -0.39 is 0 Å². The molecule has 1 aromatic rings. The van der Waals surface area contributed by atoms with Crippen LogP contribution < -0.4 is 0 Å². The normalized spacial score (nSPS) is 24.9. The highest BCUT2D eigenvalue weighted by Crippen LogP contribution is 2.50. The van der Waals surface area contributed by atoms with Crippen LogP contribution in [0.3, 0.4) is 0 Å². The minimum Gasteiger partial charge on any atom is -0.0654 e. The molecule has 2 atom stereocenters. The minimum absolute atomic E-state index is 0.896. The molecule has 1 aliphatic rings. The van der Waals surface area contributed by atoms with Crippen molar-refractivity contribution >= 4 is 0 Å². The van der Waals surface area contributed by atoms with Gasteiger partial charge in [-0.3, -0.25) is 0 Å². The van der Waals surface area contributed by atoms with Crippen molar-refractivity contribution in [2.75, 3.05) is 0 Å². The van der Waals surface area contributed by atoms with Crippen LogP contribution >= 0.6 is 0 Å². The summed E-state index contributed by atoms with van der Waals surface area (Å²) < 4.78 is 0. The summed E-state index contributed by atoms with van der Waals surface area (Å²) >= 11 is 0. The van der Waals surface area contributed by atoms with Crippen LogP contribution in [-0.4, -0.2) is 0 Å². The Kier molecular flexibility index (Phi) is 3.23. The van der Waals surface area contributed by atoms with E-state index in [0.29, 0.717) is 0 Å². The Morgan fingerprint density at radius 3 is 2.64 bits per heavy atom. The molecule has 0 nitrogen and oxygen atoms in total. The molecule has 0 unspecified atom stereocenters. The molecule has 1 aromatic carbocycles. The molecule has 0 saturated heterocycles. The first-order chi connectivity index (χ1) is 6.92. The van der Waals surface area contributed by atoms with Crippen LogP contribution in [0, 0.1) is 5.92 Å². The molecular weight excluding hydrogens is 168 g/mol. The summed E-state index contributed by atoms with van der Waals surface area (Å²) in [6, 6.07) is 11.0. The average Bonchev–Trinajstić information content (AvgIpc) is 2.99. The first-order valence-electron chi connectivity index (χ1n) is 5.96. The molecule has 1 saturated carbocycles. The Balaban J connectivity index is 1.76. The lowest BCUT2D eigenvalue weighted by Crippen LogP contribution is -1.84. The van der Waals surface area contributed by atoms with E-state index in [1.807, 2.05) is 0 Å². The molecule has 14 heavy (non-hydrogen) atoms. The van der Waals surface area contributed by atoms with Gasteiger partial charge in [0.2, 0.25) is 0 Å². The van der Waals surface area contributed by atoms with Crippen LogP contribution in [0.15, 0.2) is 30.3 Å². The first kappa shape index (κ1) is 9.76. The maximum Gasteiger partial charge on any atom is -0.0131 e. The number of hydrogen-bond acceptors (Lipinski definition) is 0. The number of hydrogen-bond donors (Lipinski definition) is 0. The van der Waals surface area contributed by atoms with E-state index in [9.17, 15) is 0 Å². The van der Waals surface area contributed by atoms with E-state index in [0.717, 1.165) is 11.8 Å². The highest BCUT2D eigenvalue weighted by atomic mass is 14.4. The summed E-state index contributed by atoms with van der Waals surface area (Å²) in [6.45, 7) is 2.28. The van der Waals surface area contributed by atoms with Crippen molar-refractivity contribution in [3.05, 3.63) is 35.9 Å². The van der Waals surface area contributed by atoms with Crippen molar-refractivity contribution in [3.63, 3.8) is 0 Å². The molecule has 1 aliphatic carbocycles. The number of rotatable bonds is 5. The monoisotopic (exact) mass is 188 g/mol. The van der Waals surface area contributed by atoms with E-state index in [4.69, 9.17) is 0 Å². The van der Waals surface area contributed by atoms with E-state index >= 15 is 0 Å². The van der Waals surface area contributed by atoms with Gasteiger partial charge in [-0.15, -0.1) is 0 Å². The van der Waals surface area contributed by atoms with E-state index in [-0.39, 0.29) is 0 Å². The molecule has 0 spiro atoms. The Labute approximate surface area is 87.3 Å². The zero-order valence-electron chi connectivity index (χ0n) is 9.08. The summed E-state index contributed by atoms with van der Waals surface area (Å²) in [7, 11) is 0. The van der Waals surface area contributed by atoms with Gasteiger partial charge < -0.3 is 0 Å². The van der Waals surface area contributed by atoms with Crippen LogP contribution in [0.1, 0.15) is 50.5 Å². The van der Waals surface area contributed by atoms with E-state index in [2.05, 4.69) is 37.3 Å². The molecule has 2 rings (SSSR count). The molecule has 0 N–H and O–H groups in total. The quantitative estimate of drug-likeness (QED) is 0.602. The third-order valence-corrected chi connectivity index (χ3v) is 3.33. The Morgan fingerprint density at radius 1 is 1.14 bits per heavy atom. The fraction of sp³-hybridized carbons (Fsp3) is 0.571. The van der Waals surface area contributed by atoms with Gasteiger partial charge in [-0.2, -0.15) is 0 Å². The van der Waals surface area contributed by atoms with Gasteiger partial charge in [0.05, 0.1) is 0 Å². The molecule has 0 heteroatoms. The summed E-state index contributed by atoms with van der Waals surface area (Å²) in [5, 5.41) is 0. The van der Waals surface area contributed by atoms with Gasteiger partial charge in [-0.05, 0) is 30.2 Å². The average molecular weight is 188 g/mol. The van der Waals surface area contributed by atoms with Crippen molar-refractivity contribution in [2.24, 2.45) is 5.92 Å². The maximum atomic E-state index is 2.28. The number of benzene rings is 1. The lowest BCUT2D eigenvalue weighted by Gasteiger charge is -1.99. The standard InChI is InChI=1S/C14H20/c1-2-3-5-10-13-11-14(13)12-8-6-4-7-9-12/h4,6-9,13-14H,2-3,5,10-11H2,1H3/t13-,14+/m0/s1. The SMILES string of the molecule is CCCCC[C@H]1C[C@@H]1c1ccccc1. The van der Waals surface area contributed by atoms with Gasteiger partial charge in [-0.25, -0.2) is 0 Å². The van der Waals surface area contributed by atoms with Crippen LogP contribution in [-0.2, 0) is 0 Å². The minimum atomic E-state index is 0.896. The van der Waals surface area contributed by atoms with Crippen molar-refractivity contribution in [2.45, 2.75) is 44.9 Å². The smallest absolute Gasteiger partial charge is 0.0131 e. The zero-order chi connectivity index (χ0) is 9.80. The second-order valence-electron chi connectivity index (χ2n) is 4.51. The van der Waals surface area contributed by atoms with Crippen LogP contribution in [0.4, 0.5) is 0 Å². The molecule has 0 aromatic heterocycles. The van der Waals surface area contributed by atoms with Crippen molar-refractivity contribution in [1.29, 1.82) is 0 Å². The van der Waals surface area contributed by atoms with Crippen molar-refractivity contribution < 1.29 is 0 Å². The largest absolute Gasteiger partial charge is 0.0654 e. The highest BCUT2D eigenvalue weighted by Gasteiger charge is 2.36. The maximum absolute atomic E-state index is 2.28. The molecule has 0 radical (unpaired) electrons. The Hall–Kier alpha value is -0.780. The second kappa shape index (κ2) is 4.63. The Bertz CT molecular complexity index is 263. The molecule has 76 valence electrons. The lowest BCUT2D eigenvalue weighted by molar-refractivity contribution is 0.610. The van der Waals surface area contributed by atoms with Crippen LogP contribution in [0.2, 0.25) is 0 Å². The topological polar surface area (TPSA) is 0 Å². The third-order valence-electron chi connectivity index (χ3n) is 3.33. The molecule has 0 heterocycles. The number of unbranched alkanes of at least 4 members (excludes halogenated alkanes) is 2. The summed E-state index contributed by atoms with van der Waals surface area (Å²) in [5.74, 6) is 1.90. The van der Waals surface area contributed by atoms with Gasteiger partial charge in [-0.1, -0.05) is 56.5 Å². The van der Waals surface area contributed by atoms with Crippen LogP contribution in [0.5, 0.6) is 0 Å². The fourth-order valence-electron chi connectivity index (χ4n) is 2.33. The van der Waals surface area contributed by atoms with Gasteiger partial charge in [0.15, 0.2) is 0 Å². The van der Waals surface area contributed by atoms with Gasteiger partial charge in [0.25, 0.3) is 0 Å².